The van der Waals surface area contributed by atoms with E-state index in [1.165, 1.54) is 12.1 Å². The van der Waals surface area contributed by atoms with E-state index in [1.807, 2.05) is 18.2 Å². The Balaban J connectivity index is 2.37. The Morgan fingerprint density at radius 1 is 1.05 bits per heavy atom. The number of nitriles is 1. The van der Waals surface area contributed by atoms with Gasteiger partial charge in [-0.2, -0.15) is 5.26 Å². The lowest BCUT2D eigenvalue weighted by Gasteiger charge is -2.08. The molecule has 104 valence electrons. The van der Waals surface area contributed by atoms with Crippen LogP contribution < -0.4 is 0 Å². The van der Waals surface area contributed by atoms with E-state index < -0.39 is 10.0 Å². The second kappa shape index (κ2) is 5.16. The number of rotatable bonds is 2. The molecule has 6 heteroatoms. The summed E-state index contributed by atoms with van der Waals surface area (Å²) >= 11 is 2.15. The van der Waals surface area contributed by atoms with Crippen LogP contribution in [-0.4, -0.2) is 12.4 Å². The van der Waals surface area contributed by atoms with Crippen molar-refractivity contribution in [3.05, 3.63) is 63.9 Å². The van der Waals surface area contributed by atoms with Gasteiger partial charge in [0.15, 0.2) is 0 Å². The van der Waals surface area contributed by atoms with Crippen LogP contribution in [0, 0.1) is 14.9 Å². The van der Waals surface area contributed by atoms with Crippen LogP contribution in [0.5, 0.6) is 0 Å². The highest BCUT2D eigenvalue weighted by atomic mass is 127. The SMILES string of the molecule is N#Cc1cc2cc(I)ccc2n1S(=O)(=O)c1ccccc1. The van der Waals surface area contributed by atoms with Crippen LogP contribution in [0.3, 0.4) is 0 Å². The van der Waals surface area contributed by atoms with E-state index in [1.54, 1.807) is 30.3 Å². The third-order valence-electron chi connectivity index (χ3n) is 3.12. The average Bonchev–Trinajstić information content (AvgIpc) is 2.86. The smallest absolute Gasteiger partial charge is 0.224 e. The monoisotopic (exact) mass is 408 g/mol. The lowest BCUT2D eigenvalue weighted by Crippen LogP contribution is -2.14. The van der Waals surface area contributed by atoms with Crippen LogP contribution in [0.1, 0.15) is 5.69 Å². The summed E-state index contributed by atoms with van der Waals surface area (Å²) in [6.07, 6.45) is 0. The quantitative estimate of drug-likeness (QED) is 0.611. The zero-order chi connectivity index (χ0) is 15.0. The van der Waals surface area contributed by atoms with Gasteiger partial charge in [-0.25, -0.2) is 12.4 Å². The van der Waals surface area contributed by atoms with Crippen LogP contribution in [0.2, 0.25) is 0 Å². The van der Waals surface area contributed by atoms with Gasteiger partial charge in [-0.3, -0.25) is 0 Å². The first-order chi connectivity index (χ1) is 10.0. The summed E-state index contributed by atoms with van der Waals surface area (Å²) in [6.45, 7) is 0. The molecule has 0 N–H and O–H groups in total. The van der Waals surface area contributed by atoms with Gasteiger partial charge >= 0.3 is 0 Å². The summed E-state index contributed by atoms with van der Waals surface area (Å²) in [5.41, 5.74) is 0.617. The molecule has 0 bridgehead atoms. The zero-order valence-electron chi connectivity index (χ0n) is 10.7. The number of benzene rings is 2. The number of hydrogen-bond acceptors (Lipinski definition) is 3. The fraction of sp³-hybridized carbons (Fsp3) is 0. The third-order valence-corrected chi connectivity index (χ3v) is 5.53. The van der Waals surface area contributed by atoms with Gasteiger partial charge in [-0.1, -0.05) is 18.2 Å². The third kappa shape index (κ3) is 2.32. The van der Waals surface area contributed by atoms with E-state index in [2.05, 4.69) is 22.6 Å². The van der Waals surface area contributed by atoms with E-state index >= 15 is 0 Å². The topological polar surface area (TPSA) is 62.9 Å². The van der Waals surface area contributed by atoms with Crippen LogP contribution in [-0.2, 0) is 10.0 Å². The molecule has 0 saturated carbocycles. The maximum atomic E-state index is 12.8. The lowest BCUT2D eigenvalue weighted by atomic mass is 10.2. The molecule has 0 aliphatic rings. The maximum absolute atomic E-state index is 12.8. The highest BCUT2D eigenvalue weighted by molar-refractivity contribution is 14.1. The summed E-state index contributed by atoms with van der Waals surface area (Å²) in [6, 6.07) is 17.1. The molecule has 0 amide bonds. The molecule has 0 atom stereocenters. The molecule has 0 aliphatic carbocycles. The molecule has 0 aliphatic heterocycles. The molecule has 0 radical (unpaired) electrons. The summed E-state index contributed by atoms with van der Waals surface area (Å²) in [4.78, 5) is 0.164. The zero-order valence-corrected chi connectivity index (χ0v) is 13.7. The predicted molar refractivity (Wildman–Crippen MR) is 88.4 cm³/mol. The molecular weight excluding hydrogens is 399 g/mol. The minimum atomic E-state index is -3.79. The Labute approximate surface area is 135 Å². The van der Waals surface area contributed by atoms with Crippen molar-refractivity contribution >= 4 is 43.5 Å². The van der Waals surface area contributed by atoms with E-state index in [0.29, 0.717) is 5.52 Å². The normalized spacial score (nSPS) is 11.4. The van der Waals surface area contributed by atoms with Crippen molar-refractivity contribution in [2.45, 2.75) is 4.90 Å². The van der Waals surface area contributed by atoms with E-state index in [-0.39, 0.29) is 10.6 Å². The lowest BCUT2D eigenvalue weighted by molar-refractivity contribution is 0.588. The van der Waals surface area contributed by atoms with Crippen molar-refractivity contribution < 1.29 is 8.42 Å². The Morgan fingerprint density at radius 3 is 2.43 bits per heavy atom. The first kappa shape index (κ1) is 14.1. The summed E-state index contributed by atoms with van der Waals surface area (Å²) in [7, 11) is -3.79. The molecule has 2 aromatic carbocycles. The maximum Gasteiger partial charge on any atom is 0.269 e. The van der Waals surface area contributed by atoms with Crippen molar-refractivity contribution in [3.63, 3.8) is 0 Å². The molecule has 1 aromatic heterocycles. The minimum Gasteiger partial charge on any atom is -0.224 e. The molecule has 3 rings (SSSR count). The Hall–Kier alpha value is -1.85. The highest BCUT2D eigenvalue weighted by Gasteiger charge is 2.22. The summed E-state index contributed by atoms with van der Waals surface area (Å²) < 4.78 is 27.7. The van der Waals surface area contributed by atoms with Crippen LogP contribution in [0.25, 0.3) is 10.9 Å². The molecule has 0 fully saturated rings. The van der Waals surface area contributed by atoms with E-state index in [4.69, 9.17) is 0 Å². The van der Waals surface area contributed by atoms with Gasteiger partial charge in [0.25, 0.3) is 10.0 Å². The van der Waals surface area contributed by atoms with Gasteiger partial charge in [-0.05, 0) is 59.0 Å². The molecular formula is C15H9IN2O2S. The fourth-order valence-corrected chi connectivity index (χ4v) is 4.20. The van der Waals surface area contributed by atoms with Crippen molar-refractivity contribution in [1.29, 1.82) is 5.26 Å². The van der Waals surface area contributed by atoms with Gasteiger partial charge < -0.3 is 0 Å². The second-order valence-electron chi connectivity index (χ2n) is 4.43. The summed E-state index contributed by atoms with van der Waals surface area (Å²) in [5, 5.41) is 10.00. The second-order valence-corrected chi connectivity index (χ2v) is 7.46. The first-order valence-electron chi connectivity index (χ1n) is 6.06. The van der Waals surface area contributed by atoms with Crippen molar-refractivity contribution in [2.24, 2.45) is 0 Å². The summed E-state index contributed by atoms with van der Waals surface area (Å²) in [5.74, 6) is 0. The predicted octanol–water partition coefficient (Wildman–Crippen LogP) is 3.35. The number of hydrogen-bond donors (Lipinski definition) is 0. The number of fused-ring (bicyclic) bond motifs is 1. The molecule has 0 unspecified atom stereocenters. The van der Waals surface area contributed by atoms with Gasteiger partial charge in [-0.15, -0.1) is 0 Å². The van der Waals surface area contributed by atoms with Gasteiger partial charge in [0.2, 0.25) is 0 Å². The Morgan fingerprint density at radius 2 is 1.76 bits per heavy atom. The van der Waals surface area contributed by atoms with Crippen molar-refractivity contribution in [2.75, 3.05) is 0 Å². The Kier molecular flexibility index (Phi) is 3.47. The standard InChI is InChI=1S/C15H9IN2O2S/c16-12-6-7-15-11(8-12)9-13(10-17)18(15)21(19,20)14-4-2-1-3-5-14/h1-9H. The van der Waals surface area contributed by atoms with E-state index in [0.717, 1.165) is 12.9 Å². The van der Waals surface area contributed by atoms with Crippen molar-refractivity contribution in [3.8, 4) is 6.07 Å². The van der Waals surface area contributed by atoms with E-state index in [9.17, 15) is 13.7 Å². The fourth-order valence-electron chi connectivity index (χ4n) is 2.20. The Bertz CT molecular complexity index is 970. The van der Waals surface area contributed by atoms with Gasteiger partial charge in [0, 0.05) is 8.96 Å². The highest BCUT2D eigenvalue weighted by Crippen LogP contribution is 2.26. The molecule has 21 heavy (non-hydrogen) atoms. The van der Waals surface area contributed by atoms with Gasteiger partial charge in [0.1, 0.15) is 11.8 Å². The molecule has 0 spiro atoms. The number of aromatic nitrogens is 1. The van der Waals surface area contributed by atoms with Crippen molar-refractivity contribution in [1.82, 2.24) is 3.97 Å². The van der Waals surface area contributed by atoms with Crippen LogP contribution in [0.15, 0.2) is 59.5 Å². The number of nitrogens with zero attached hydrogens (tertiary/aromatic N) is 2. The minimum absolute atomic E-state index is 0.107. The number of halogens is 1. The van der Waals surface area contributed by atoms with Gasteiger partial charge in [0.05, 0.1) is 10.4 Å². The molecule has 0 saturated heterocycles. The molecule has 4 nitrogen and oxygen atoms in total. The molecule has 3 aromatic rings. The van der Waals surface area contributed by atoms with Crippen LogP contribution >= 0.6 is 22.6 Å². The van der Waals surface area contributed by atoms with Crippen LogP contribution in [0.4, 0.5) is 0 Å². The first-order valence-corrected chi connectivity index (χ1v) is 8.57. The average molecular weight is 408 g/mol. The largest absolute Gasteiger partial charge is 0.269 e. The molecule has 1 heterocycles.